The van der Waals surface area contributed by atoms with Gasteiger partial charge in [0.1, 0.15) is 6.10 Å². The van der Waals surface area contributed by atoms with Crippen LogP contribution in [0, 0.1) is 18.8 Å². The molecule has 1 amide bonds. The lowest BCUT2D eigenvalue weighted by Gasteiger charge is -2.38. The summed E-state index contributed by atoms with van der Waals surface area (Å²) in [5, 5.41) is 9.85. The van der Waals surface area contributed by atoms with Gasteiger partial charge < -0.3 is 19.6 Å². The van der Waals surface area contributed by atoms with E-state index >= 15 is 0 Å². The molecule has 2 aromatic carbocycles. The lowest BCUT2D eigenvalue weighted by Crippen LogP contribution is -2.50. The number of carbonyl (C=O) groups excluding carboxylic acids is 1. The average Bonchev–Trinajstić information content (AvgIpc) is 3.65. The molecule has 0 spiro atoms. The molecule has 0 aromatic heterocycles. The number of benzene rings is 2. The Hall–Kier alpha value is -2.62. The van der Waals surface area contributed by atoms with Crippen LogP contribution in [0.3, 0.4) is 0 Å². The van der Waals surface area contributed by atoms with E-state index in [1.165, 1.54) is 12.8 Å². The molecular weight excluding hydrogens is 478 g/mol. The molecule has 1 saturated carbocycles. The third-order valence-corrected chi connectivity index (χ3v) is 8.41. The van der Waals surface area contributed by atoms with E-state index in [2.05, 4.69) is 16.7 Å². The van der Waals surface area contributed by atoms with Crippen molar-refractivity contribution < 1.29 is 23.1 Å². The largest absolute Gasteiger partial charge is 0.486 e. The van der Waals surface area contributed by atoms with Crippen LogP contribution < -0.4 is 9.46 Å². The van der Waals surface area contributed by atoms with E-state index in [0.717, 1.165) is 18.0 Å². The molecule has 4 rings (SSSR count). The first-order valence-electron chi connectivity index (χ1n) is 12.6. The first kappa shape index (κ1) is 26.4. The summed E-state index contributed by atoms with van der Waals surface area (Å²) in [5.74, 6) is 0.610. The Labute approximate surface area is 214 Å². The topological polar surface area (TPSA) is 99.2 Å². The van der Waals surface area contributed by atoms with Crippen molar-refractivity contribution in [3.63, 3.8) is 0 Å². The van der Waals surface area contributed by atoms with Gasteiger partial charge in [-0.1, -0.05) is 30.7 Å². The molecule has 0 radical (unpaired) electrons. The number of hydrogen-bond donors (Lipinski definition) is 2. The second-order valence-electron chi connectivity index (χ2n) is 10.4. The molecule has 1 heterocycles. The van der Waals surface area contributed by atoms with E-state index in [-0.39, 0.29) is 52.5 Å². The van der Waals surface area contributed by atoms with Gasteiger partial charge in [0.05, 0.1) is 28.8 Å². The van der Waals surface area contributed by atoms with Gasteiger partial charge in [-0.15, -0.1) is 0 Å². The number of likely N-dealkylation sites (N-methyl/N-ethyl adjacent to an activating group) is 1. The second-order valence-corrected chi connectivity index (χ2v) is 12.1. The fourth-order valence-corrected chi connectivity index (χ4v) is 5.65. The summed E-state index contributed by atoms with van der Waals surface area (Å²) in [6.07, 6.45) is 2.21. The number of anilines is 1. The van der Waals surface area contributed by atoms with Gasteiger partial charge in [0.15, 0.2) is 5.75 Å². The minimum Gasteiger partial charge on any atom is -0.486 e. The quantitative estimate of drug-likeness (QED) is 0.531. The summed E-state index contributed by atoms with van der Waals surface area (Å²) in [6.45, 7) is 7.63. The van der Waals surface area contributed by atoms with E-state index in [1.807, 2.05) is 20.8 Å². The van der Waals surface area contributed by atoms with E-state index in [1.54, 1.807) is 47.4 Å². The minimum atomic E-state index is -3.90. The highest BCUT2D eigenvalue weighted by molar-refractivity contribution is 7.92. The lowest BCUT2D eigenvalue weighted by atomic mass is 9.99. The van der Waals surface area contributed by atoms with Gasteiger partial charge in [-0.05, 0) is 63.9 Å². The van der Waals surface area contributed by atoms with Crippen LogP contribution in [-0.4, -0.2) is 74.7 Å². The summed E-state index contributed by atoms with van der Waals surface area (Å²) >= 11 is 0. The number of para-hydroxylation sites is 1. The summed E-state index contributed by atoms with van der Waals surface area (Å²) in [4.78, 5) is 17.6. The van der Waals surface area contributed by atoms with E-state index < -0.39 is 10.0 Å². The maximum Gasteiger partial charge on any atom is 0.262 e. The summed E-state index contributed by atoms with van der Waals surface area (Å²) in [7, 11) is -1.83. The van der Waals surface area contributed by atoms with Crippen LogP contribution >= 0.6 is 0 Å². The number of hydrogen-bond acceptors (Lipinski definition) is 6. The van der Waals surface area contributed by atoms with Crippen LogP contribution in [-0.2, 0) is 10.0 Å². The predicted molar refractivity (Wildman–Crippen MR) is 140 cm³/mol. The fraction of sp³-hybridized carbons (Fsp3) is 0.519. The molecule has 1 aliphatic heterocycles. The van der Waals surface area contributed by atoms with Crippen molar-refractivity contribution in [2.24, 2.45) is 11.8 Å². The molecular formula is C27H37N3O5S. The van der Waals surface area contributed by atoms with Gasteiger partial charge in [0, 0.05) is 25.6 Å². The normalized spacial score (nSPS) is 21.4. The van der Waals surface area contributed by atoms with Crippen LogP contribution in [0.2, 0.25) is 0 Å². The first-order chi connectivity index (χ1) is 17.1. The molecule has 0 unspecified atom stereocenters. The van der Waals surface area contributed by atoms with Gasteiger partial charge in [-0.25, -0.2) is 8.42 Å². The molecule has 1 aliphatic carbocycles. The number of nitrogens with zero attached hydrogens (tertiary/aromatic N) is 2. The third kappa shape index (κ3) is 6.02. The van der Waals surface area contributed by atoms with Crippen molar-refractivity contribution in [2.75, 3.05) is 38.0 Å². The number of ether oxygens (including phenoxy) is 1. The Bertz CT molecular complexity index is 1180. The molecule has 1 fully saturated rings. The maximum absolute atomic E-state index is 13.6. The summed E-state index contributed by atoms with van der Waals surface area (Å²) < 4.78 is 35.6. The van der Waals surface area contributed by atoms with Crippen molar-refractivity contribution >= 4 is 21.6 Å². The van der Waals surface area contributed by atoms with Crippen molar-refractivity contribution in [2.45, 2.75) is 50.7 Å². The molecule has 3 atom stereocenters. The number of aliphatic hydroxyl groups is 1. The molecule has 2 aliphatic rings. The number of rotatable bonds is 9. The summed E-state index contributed by atoms with van der Waals surface area (Å²) in [6, 6.07) is 11.1. The second kappa shape index (κ2) is 10.8. The number of aryl methyl sites for hydroxylation is 1. The molecule has 2 N–H and O–H groups in total. The van der Waals surface area contributed by atoms with Crippen LogP contribution in [0.1, 0.15) is 42.6 Å². The summed E-state index contributed by atoms with van der Waals surface area (Å²) in [5.41, 5.74) is 1.46. The van der Waals surface area contributed by atoms with Crippen LogP contribution in [0.4, 0.5) is 5.69 Å². The number of fused-ring (bicyclic) bond motifs is 1. The van der Waals surface area contributed by atoms with Crippen molar-refractivity contribution in [3.05, 3.63) is 53.6 Å². The molecule has 36 heavy (non-hydrogen) atoms. The SMILES string of the molecule is Cc1ccc(S(=O)(=O)Nc2cccc3c2O[C@H](CN(C)CC2CC2)[C@@H](C)CN([C@H](C)CO)C3=O)cc1. The lowest BCUT2D eigenvalue weighted by molar-refractivity contribution is 0.0346. The number of nitrogens with one attached hydrogen (secondary N) is 1. The Morgan fingerprint density at radius 2 is 1.86 bits per heavy atom. The number of sulfonamides is 1. The monoisotopic (exact) mass is 515 g/mol. The Kier molecular flexibility index (Phi) is 7.92. The highest BCUT2D eigenvalue weighted by Crippen LogP contribution is 2.36. The Morgan fingerprint density at radius 1 is 1.17 bits per heavy atom. The molecule has 8 nitrogen and oxygen atoms in total. The number of amides is 1. The minimum absolute atomic E-state index is 0.0421. The zero-order valence-corrected chi connectivity index (χ0v) is 22.3. The van der Waals surface area contributed by atoms with Gasteiger partial charge in [0.2, 0.25) is 0 Å². The van der Waals surface area contributed by atoms with Crippen LogP contribution in [0.5, 0.6) is 5.75 Å². The van der Waals surface area contributed by atoms with E-state index in [0.29, 0.717) is 13.1 Å². The molecule has 0 saturated heterocycles. The molecule has 0 bridgehead atoms. The Balaban J connectivity index is 1.72. The van der Waals surface area contributed by atoms with Crippen molar-refractivity contribution in [3.8, 4) is 5.75 Å². The van der Waals surface area contributed by atoms with E-state index in [4.69, 9.17) is 4.74 Å². The number of carbonyl (C=O) groups is 1. The zero-order chi connectivity index (χ0) is 26.0. The van der Waals surface area contributed by atoms with Crippen LogP contribution in [0.25, 0.3) is 0 Å². The smallest absolute Gasteiger partial charge is 0.262 e. The van der Waals surface area contributed by atoms with Gasteiger partial charge in [0.25, 0.3) is 15.9 Å². The molecule has 196 valence electrons. The van der Waals surface area contributed by atoms with Crippen molar-refractivity contribution in [1.82, 2.24) is 9.80 Å². The third-order valence-electron chi connectivity index (χ3n) is 7.03. The number of aliphatic hydroxyl groups excluding tert-OH is 1. The fourth-order valence-electron chi connectivity index (χ4n) is 4.59. The standard InChI is InChI=1S/C27H37N3O5S/c1-18-8-12-22(13-9-18)36(33,34)28-24-7-5-6-23-26(24)35-25(16-29(4)15-21-10-11-21)19(2)14-30(27(23)32)20(3)17-31/h5-9,12-13,19-21,25,28,31H,10-11,14-17H2,1-4H3/t19-,20+,25+/m0/s1. The molecule has 9 heteroatoms. The highest BCUT2D eigenvalue weighted by atomic mass is 32.2. The van der Waals surface area contributed by atoms with Gasteiger partial charge in [-0.2, -0.15) is 0 Å². The average molecular weight is 516 g/mol. The zero-order valence-electron chi connectivity index (χ0n) is 21.5. The highest BCUT2D eigenvalue weighted by Gasteiger charge is 2.35. The predicted octanol–water partition coefficient (Wildman–Crippen LogP) is 3.36. The Morgan fingerprint density at radius 3 is 2.50 bits per heavy atom. The van der Waals surface area contributed by atoms with Gasteiger partial charge >= 0.3 is 0 Å². The first-order valence-corrected chi connectivity index (χ1v) is 14.1. The van der Waals surface area contributed by atoms with E-state index in [9.17, 15) is 18.3 Å². The molecule has 2 aromatic rings. The maximum atomic E-state index is 13.6. The van der Waals surface area contributed by atoms with Gasteiger partial charge in [-0.3, -0.25) is 9.52 Å². The van der Waals surface area contributed by atoms with Crippen LogP contribution in [0.15, 0.2) is 47.4 Å². The van der Waals surface area contributed by atoms with Crippen molar-refractivity contribution in [1.29, 1.82) is 0 Å².